The number of carbonyl (C=O) groups excluding carboxylic acids is 1. The molecule has 22 heavy (non-hydrogen) atoms. The summed E-state index contributed by atoms with van der Waals surface area (Å²) in [5, 5.41) is 6.10. The van der Waals surface area contributed by atoms with Crippen LogP contribution in [0.5, 0.6) is 5.75 Å². The van der Waals surface area contributed by atoms with Crippen molar-refractivity contribution in [3.63, 3.8) is 0 Å². The van der Waals surface area contributed by atoms with E-state index in [1.165, 1.54) is 18.4 Å². The van der Waals surface area contributed by atoms with Gasteiger partial charge in [0.15, 0.2) is 9.84 Å². The van der Waals surface area contributed by atoms with Crippen molar-refractivity contribution in [3.05, 3.63) is 24.3 Å². The molecule has 0 spiro atoms. The molecule has 1 heterocycles. The maximum absolute atomic E-state index is 11.9. The van der Waals surface area contributed by atoms with E-state index in [-0.39, 0.29) is 16.7 Å². The molecule has 0 atom stereocenters. The SMILES string of the molecule is CS(=O)(=O)c1ccc(OCCNC(=O)C2CCNCC2)cc1. The van der Waals surface area contributed by atoms with Gasteiger partial charge in [0, 0.05) is 12.2 Å². The first-order chi connectivity index (χ1) is 10.5. The molecular formula is C15H22N2O4S. The second kappa shape index (κ2) is 7.60. The highest BCUT2D eigenvalue weighted by Gasteiger charge is 2.20. The molecule has 1 amide bonds. The van der Waals surface area contributed by atoms with Crippen molar-refractivity contribution in [3.8, 4) is 5.75 Å². The predicted octanol–water partition coefficient (Wildman–Crippen LogP) is 0.585. The van der Waals surface area contributed by atoms with Gasteiger partial charge in [-0.15, -0.1) is 0 Å². The largest absolute Gasteiger partial charge is 0.492 e. The second-order valence-electron chi connectivity index (χ2n) is 5.41. The fraction of sp³-hybridized carbons (Fsp3) is 0.533. The van der Waals surface area contributed by atoms with Crippen LogP contribution in [0.3, 0.4) is 0 Å². The summed E-state index contributed by atoms with van der Waals surface area (Å²) in [6, 6.07) is 6.26. The Morgan fingerprint density at radius 1 is 1.27 bits per heavy atom. The van der Waals surface area contributed by atoms with Gasteiger partial charge in [0.05, 0.1) is 11.4 Å². The van der Waals surface area contributed by atoms with Crippen LogP contribution in [0.2, 0.25) is 0 Å². The number of benzene rings is 1. The van der Waals surface area contributed by atoms with Crippen LogP contribution in [0.25, 0.3) is 0 Å². The van der Waals surface area contributed by atoms with Gasteiger partial charge in [-0.2, -0.15) is 0 Å². The number of rotatable bonds is 6. The lowest BCUT2D eigenvalue weighted by Crippen LogP contribution is -2.39. The van der Waals surface area contributed by atoms with Crippen molar-refractivity contribution < 1.29 is 17.9 Å². The zero-order chi connectivity index (χ0) is 16.0. The number of carbonyl (C=O) groups is 1. The maximum Gasteiger partial charge on any atom is 0.223 e. The highest BCUT2D eigenvalue weighted by atomic mass is 32.2. The fourth-order valence-electron chi connectivity index (χ4n) is 2.35. The Labute approximate surface area is 131 Å². The van der Waals surface area contributed by atoms with E-state index in [0.29, 0.717) is 18.9 Å². The van der Waals surface area contributed by atoms with E-state index in [4.69, 9.17) is 4.74 Å². The lowest BCUT2D eigenvalue weighted by molar-refractivity contribution is -0.125. The van der Waals surface area contributed by atoms with E-state index in [1.807, 2.05) is 0 Å². The molecule has 1 saturated heterocycles. The Bertz CT molecular complexity index is 592. The van der Waals surface area contributed by atoms with E-state index >= 15 is 0 Å². The fourth-order valence-corrected chi connectivity index (χ4v) is 2.99. The predicted molar refractivity (Wildman–Crippen MR) is 83.7 cm³/mol. The Kier molecular flexibility index (Phi) is 5.79. The molecule has 6 nitrogen and oxygen atoms in total. The third-order valence-corrected chi connectivity index (χ3v) is 4.76. The third-order valence-electron chi connectivity index (χ3n) is 3.63. The number of ether oxygens (including phenoxy) is 1. The molecule has 0 unspecified atom stereocenters. The van der Waals surface area contributed by atoms with Gasteiger partial charge in [0.2, 0.25) is 5.91 Å². The summed E-state index contributed by atoms with van der Waals surface area (Å²) in [7, 11) is -3.19. The molecule has 2 rings (SSSR count). The van der Waals surface area contributed by atoms with Gasteiger partial charge in [-0.05, 0) is 50.2 Å². The molecular weight excluding hydrogens is 304 g/mol. The Morgan fingerprint density at radius 2 is 1.91 bits per heavy atom. The van der Waals surface area contributed by atoms with Crippen molar-refractivity contribution in [1.82, 2.24) is 10.6 Å². The minimum absolute atomic E-state index is 0.0810. The van der Waals surface area contributed by atoms with Gasteiger partial charge in [-0.3, -0.25) is 4.79 Å². The van der Waals surface area contributed by atoms with Crippen molar-refractivity contribution >= 4 is 15.7 Å². The summed E-state index contributed by atoms with van der Waals surface area (Å²) in [5.74, 6) is 0.760. The topological polar surface area (TPSA) is 84.5 Å². The van der Waals surface area contributed by atoms with Crippen LogP contribution in [0.1, 0.15) is 12.8 Å². The normalized spacial score (nSPS) is 16.2. The van der Waals surface area contributed by atoms with Gasteiger partial charge in [0.25, 0.3) is 0 Å². The molecule has 1 aliphatic rings. The van der Waals surface area contributed by atoms with Gasteiger partial charge in [-0.25, -0.2) is 8.42 Å². The van der Waals surface area contributed by atoms with Crippen LogP contribution < -0.4 is 15.4 Å². The summed E-state index contributed by atoms with van der Waals surface area (Å²) in [6.45, 7) is 2.58. The first-order valence-corrected chi connectivity index (χ1v) is 9.27. The zero-order valence-corrected chi connectivity index (χ0v) is 13.5. The summed E-state index contributed by atoms with van der Waals surface area (Å²) in [6.07, 6.45) is 2.92. The molecule has 1 aromatic carbocycles. The Morgan fingerprint density at radius 3 is 2.50 bits per heavy atom. The van der Waals surface area contributed by atoms with Gasteiger partial charge >= 0.3 is 0 Å². The lowest BCUT2D eigenvalue weighted by atomic mass is 9.97. The summed E-state index contributed by atoms with van der Waals surface area (Å²) < 4.78 is 28.2. The second-order valence-corrected chi connectivity index (χ2v) is 7.42. The monoisotopic (exact) mass is 326 g/mol. The molecule has 7 heteroatoms. The quantitative estimate of drug-likeness (QED) is 0.747. The number of piperidine rings is 1. The van der Waals surface area contributed by atoms with E-state index in [9.17, 15) is 13.2 Å². The van der Waals surface area contributed by atoms with Crippen LogP contribution in [-0.4, -0.2) is 46.8 Å². The zero-order valence-electron chi connectivity index (χ0n) is 12.7. The number of hydrogen-bond donors (Lipinski definition) is 2. The molecule has 0 radical (unpaired) electrons. The van der Waals surface area contributed by atoms with Crippen LogP contribution >= 0.6 is 0 Å². The van der Waals surface area contributed by atoms with Gasteiger partial charge in [-0.1, -0.05) is 0 Å². The molecule has 2 N–H and O–H groups in total. The molecule has 1 aromatic rings. The van der Waals surface area contributed by atoms with E-state index < -0.39 is 9.84 Å². The van der Waals surface area contributed by atoms with Gasteiger partial charge in [0.1, 0.15) is 12.4 Å². The summed E-state index contributed by atoms with van der Waals surface area (Å²) >= 11 is 0. The minimum Gasteiger partial charge on any atom is -0.492 e. The number of hydrogen-bond acceptors (Lipinski definition) is 5. The number of nitrogens with one attached hydrogen (secondary N) is 2. The standard InChI is InChI=1S/C15H22N2O4S/c1-22(19,20)14-4-2-13(3-5-14)21-11-10-17-15(18)12-6-8-16-9-7-12/h2-5,12,16H,6-11H2,1H3,(H,17,18). The summed E-state index contributed by atoms with van der Waals surface area (Å²) in [4.78, 5) is 12.2. The molecule has 122 valence electrons. The Hall–Kier alpha value is -1.60. The first-order valence-electron chi connectivity index (χ1n) is 7.38. The molecule has 0 aromatic heterocycles. The number of amides is 1. The maximum atomic E-state index is 11.9. The van der Waals surface area contributed by atoms with Crippen molar-refractivity contribution in [2.24, 2.45) is 5.92 Å². The summed E-state index contributed by atoms with van der Waals surface area (Å²) in [5.41, 5.74) is 0. The molecule has 0 saturated carbocycles. The van der Waals surface area contributed by atoms with Crippen LogP contribution in [0.4, 0.5) is 0 Å². The smallest absolute Gasteiger partial charge is 0.223 e. The van der Waals surface area contributed by atoms with Crippen LogP contribution in [0, 0.1) is 5.92 Å². The molecule has 1 aliphatic heterocycles. The minimum atomic E-state index is -3.19. The molecule has 0 bridgehead atoms. The highest BCUT2D eigenvalue weighted by Crippen LogP contribution is 2.15. The van der Waals surface area contributed by atoms with Crippen molar-refractivity contribution in [1.29, 1.82) is 0 Å². The Balaban J connectivity index is 1.71. The van der Waals surface area contributed by atoms with Crippen LogP contribution in [0.15, 0.2) is 29.2 Å². The first kappa shape index (κ1) is 16.8. The van der Waals surface area contributed by atoms with E-state index in [0.717, 1.165) is 25.9 Å². The van der Waals surface area contributed by atoms with Crippen molar-refractivity contribution in [2.45, 2.75) is 17.7 Å². The van der Waals surface area contributed by atoms with E-state index in [2.05, 4.69) is 10.6 Å². The van der Waals surface area contributed by atoms with Crippen LogP contribution in [-0.2, 0) is 14.6 Å². The molecule has 1 fully saturated rings. The average molecular weight is 326 g/mol. The highest BCUT2D eigenvalue weighted by molar-refractivity contribution is 7.90. The van der Waals surface area contributed by atoms with Crippen molar-refractivity contribution in [2.75, 3.05) is 32.5 Å². The average Bonchev–Trinajstić information content (AvgIpc) is 2.52. The molecule has 0 aliphatic carbocycles. The third kappa shape index (κ3) is 4.99. The van der Waals surface area contributed by atoms with E-state index in [1.54, 1.807) is 12.1 Å². The lowest BCUT2D eigenvalue weighted by Gasteiger charge is -2.21. The number of sulfone groups is 1. The van der Waals surface area contributed by atoms with Gasteiger partial charge < -0.3 is 15.4 Å².